The van der Waals surface area contributed by atoms with Crippen LogP contribution in [0.4, 0.5) is 0 Å². The minimum absolute atomic E-state index is 0.0653. The van der Waals surface area contributed by atoms with E-state index in [4.69, 9.17) is 33.5 Å². The Morgan fingerprint density at radius 3 is 1.57 bits per heavy atom. The van der Waals surface area contributed by atoms with Crippen molar-refractivity contribution in [1.82, 2.24) is 0 Å². The third-order valence-electron chi connectivity index (χ3n) is 3.39. The van der Waals surface area contributed by atoms with Crippen molar-refractivity contribution in [1.29, 1.82) is 0 Å². The van der Waals surface area contributed by atoms with Gasteiger partial charge in [-0.05, 0) is 24.7 Å². The van der Waals surface area contributed by atoms with E-state index in [2.05, 4.69) is 0 Å². The first kappa shape index (κ1) is 21.3. The molecule has 0 spiro atoms. The Morgan fingerprint density at radius 1 is 1.00 bits per heavy atom. The molecule has 0 fully saturated rings. The molecule has 0 bridgehead atoms. The minimum atomic E-state index is -4.19. The van der Waals surface area contributed by atoms with Gasteiger partial charge in [0, 0.05) is 10.7 Å². The summed E-state index contributed by atoms with van der Waals surface area (Å²) in [4.78, 5) is 9.93. The lowest BCUT2D eigenvalue weighted by molar-refractivity contribution is 0.0830. The summed E-state index contributed by atoms with van der Waals surface area (Å²) in [5.41, 5.74) is 0. The molecule has 4 unspecified atom stereocenters. The molecule has 0 saturated carbocycles. The van der Waals surface area contributed by atoms with Crippen LogP contribution in [0.25, 0.3) is 0 Å². The first-order chi connectivity index (χ1) is 9.81. The van der Waals surface area contributed by atoms with Crippen molar-refractivity contribution in [2.24, 2.45) is 11.8 Å². The highest BCUT2D eigenvalue weighted by atomic mass is 32.1. The van der Waals surface area contributed by atoms with Crippen LogP contribution in [0.15, 0.2) is 0 Å². The highest BCUT2D eigenvalue weighted by Gasteiger charge is 2.32. The van der Waals surface area contributed by atoms with E-state index in [-0.39, 0.29) is 11.8 Å². The van der Waals surface area contributed by atoms with Gasteiger partial charge < -0.3 is 4.89 Å². The van der Waals surface area contributed by atoms with E-state index in [0.29, 0.717) is 0 Å². The molecule has 0 aliphatic carbocycles. The molecule has 0 aromatic rings. The Balaban J connectivity index is 4.75. The minimum Gasteiger partial charge on any atom is -0.302 e. The quantitative estimate of drug-likeness (QED) is 0.404. The molecule has 0 saturated heterocycles. The first-order valence-corrected chi connectivity index (χ1v) is 9.85. The smallest absolute Gasteiger partial charge is 0.302 e. The van der Waals surface area contributed by atoms with E-state index < -0.39 is 20.0 Å². The van der Waals surface area contributed by atoms with Gasteiger partial charge >= 0.3 is 7.82 Å². The predicted octanol–water partition coefficient (Wildman–Crippen LogP) is 4.73. The van der Waals surface area contributed by atoms with Crippen molar-refractivity contribution in [3.8, 4) is 0 Å². The number of phosphoric acid groups is 1. The second kappa shape index (κ2) is 10.9. The van der Waals surface area contributed by atoms with Crippen molar-refractivity contribution in [3.63, 3.8) is 0 Å². The molecule has 0 aliphatic rings. The molecular weight excluding hydrogens is 327 g/mol. The van der Waals surface area contributed by atoms with Gasteiger partial charge in [-0.2, -0.15) is 0 Å². The van der Waals surface area contributed by atoms with Crippen molar-refractivity contribution < 1.29 is 18.5 Å². The van der Waals surface area contributed by atoms with Gasteiger partial charge in [-0.1, -0.05) is 65.0 Å². The van der Waals surface area contributed by atoms with E-state index >= 15 is 0 Å². The molecule has 0 aromatic heterocycles. The Labute approximate surface area is 139 Å². The number of rotatable bonds is 12. The summed E-state index contributed by atoms with van der Waals surface area (Å²) in [5.74, 6) is 0.131. The van der Waals surface area contributed by atoms with Crippen LogP contribution in [-0.2, 0) is 13.6 Å². The topological polar surface area (TPSA) is 55.8 Å². The van der Waals surface area contributed by atoms with E-state index in [1.54, 1.807) is 0 Å². The van der Waals surface area contributed by atoms with Gasteiger partial charge in [-0.25, -0.2) is 4.57 Å². The molecule has 124 valence electrons. The molecule has 0 aliphatic heterocycles. The Bertz CT molecular complexity index is 335. The molecule has 0 radical (unpaired) electrons. The lowest BCUT2D eigenvalue weighted by atomic mass is 10.0. The van der Waals surface area contributed by atoms with Crippen molar-refractivity contribution in [2.45, 2.75) is 65.6 Å². The monoisotopic (exact) mass is 354 g/mol. The van der Waals surface area contributed by atoms with Gasteiger partial charge in [0.15, 0.2) is 0 Å². The van der Waals surface area contributed by atoms with Crippen LogP contribution < -0.4 is 0 Å². The number of thiocarbonyl (C=S) groups is 2. The van der Waals surface area contributed by atoms with E-state index in [9.17, 15) is 9.46 Å². The largest absolute Gasteiger partial charge is 0.473 e. The molecule has 21 heavy (non-hydrogen) atoms. The third-order valence-corrected chi connectivity index (χ3v) is 4.94. The molecule has 4 nitrogen and oxygen atoms in total. The first-order valence-electron chi connectivity index (χ1n) is 7.41. The molecule has 0 rings (SSSR count). The zero-order chi connectivity index (χ0) is 16.5. The van der Waals surface area contributed by atoms with Crippen LogP contribution >= 0.6 is 32.3 Å². The molecule has 0 amide bonds. The van der Waals surface area contributed by atoms with Crippen molar-refractivity contribution >= 4 is 43.0 Å². The van der Waals surface area contributed by atoms with Gasteiger partial charge in [-0.3, -0.25) is 9.05 Å². The predicted molar refractivity (Wildman–Crippen MR) is 95.0 cm³/mol. The Morgan fingerprint density at radius 2 is 1.33 bits per heavy atom. The molecule has 7 heteroatoms. The van der Waals surface area contributed by atoms with E-state index in [1.165, 1.54) is 10.7 Å². The molecule has 0 heterocycles. The highest BCUT2D eigenvalue weighted by molar-refractivity contribution is 7.79. The van der Waals surface area contributed by atoms with Gasteiger partial charge in [-0.15, -0.1) is 0 Å². The average Bonchev–Trinajstić information content (AvgIpc) is 2.42. The summed E-state index contributed by atoms with van der Waals surface area (Å²) in [5, 5.41) is 2.77. The molecular formula is C14H27O4PS2. The average molecular weight is 354 g/mol. The summed E-state index contributed by atoms with van der Waals surface area (Å²) >= 11 is 9.80. The zero-order valence-corrected chi connectivity index (χ0v) is 15.8. The fourth-order valence-electron chi connectivity index (χ4n) is 2.10. The lowest BCUT2D eigenvalue weighted by Gasteiger charge is -2.26. The second-order valence-corrected chi connectivity index (χ2v) is 7.32. The SMILES string of the molecule is CCCC(C)C(C=S)OP(=O)(O)OC(C=S)C(C)CCC. The summed E-state index contributed by atoms with van der Waals surface area (Å²) in [6.07, 6.45) is 2.47. The van der Waals surface area contributed by atoms with Crippen LogP contribution in [0.3, 0.4) is 0 Å². The summed E-state index contributed by atoms with van der Waals surface area (Å²) in [7, 11) is -4.19. The highest BCUT2D eigenvalue weighted by Crippen LogP contribution is 2.47. The van der Waals surface area contributed by atoms with Crippen LogP contribution in [0.5, 0.6) is 0 Å². The summed E-state index contributed by atoms with van der Waals surface area (Å²) < 4.78 is 22.6. The maximum absolute atomic E-state index is 12.1. The zero-order valence-electron chi connectivity index (χ0n) is 13.2. The van der Waals surface area contributed by atoms with Crippen LogP contribution in [-0.4, -0.2) is 27.8 Å². The number of hydrogen-bond acceptors (Lipinski definition) is 5. The van der Waals surface area contributed by atoms with Gasteiger partial charge in [0.1, 0.15) is 12.2 Å². The van der Waals surface area contributed by atoms with Gasteiger partial charge in [0.05, 0.1) is 0 Å². The van der Waals surface area contributed by atoms with Crippen LogP contribution in [0.1, 0.15) is 53.4 Å². The van der Waals surface area contributed by atoms with E-state index in [0.717, 1.165) is 25.7 Å². The number of hydrogen-bond donors (Lipinski definition) is 1. The normalized spacial score (nSPS) is 20.0. The summed E-state index contributed by atoms with van der Waals surface area (Å²) in [6, 6.07) is 0. The van der Waals surface area contributed by atoms with Crippen LogP contribution in [0.2, 0.25) is 0 Å². The molecule has 1 N–H and O–H groups in total. The van der Waals surface area contributed by atoms with E-state index in [1.807, 2.05) is 27.7 Å². The number of phosphoric ester groups is 1. The maximum atomic E-state index is 12.1. The second-order valence-electron chi connectivity index (χ2n) is 5.41. The van der Waals surface area contributed by atoms with Crippen molar-refractivity contribution in [3.05, 3.63) is 0 Å². The Kier molecular flexibility index (Phi) is 11.1. The fourth-order valence-corrected chi connectivity index (χ4v) is 4.11. The Hall–Kier alpha value is 0.290. The lowest BCUT2D eigenvalue weighted by Crippen LogP contribution is -2.26. The molecule has 0 aromatic carbocycles. The van der Waals surface area contributed by atoms with Crippen molar-refractivity contribution in [2.75, 3.05) is 0 Å². The standard InChI is InChI=1S/C14H27O4PS2/c1-5-7-11(3)13(9-20)17-19(15,16)18-14(10-21)12(4)8-6-2/h9-14H,5-8H2,1-4H3,(H,15,16). The van der Waals surface area contributed by atoms with Gasteiger partial charge in [0.25, 0.3) is 0 Å². The van der Waals surface area contributed by atoms with Gasteiger partial charge in [0.2, 0.25) is 0 Å². The molecule has 4 atom stereocenters. The summed E-state index contributed by atoms with van der Waals surface area (Å²) in [6.45, 7) is 7.96. The maximum Gasteiger partial charge on any atom is 0.473 e. The van der Waals surface area contributed by atoms with Crippen LogP contribution in [0, 0.1) is 11.8 Å². The fraction of sp³-hybridized carbons (Fsp3) is 0.857. The third kappa shape index (κ3) is 8.48.